The molecule has 0 unspecified atom stereocenters. The lowest BCUT2D eigenvalue weighted by Crippen LogP contribution is -2.51. The Kier molecular flexibility index (Phi) is 6.05. The van der Waals surface area contributed by atoms with Gasteiger partial charge in [0.05, 0.1) is 5.39 Å². The van der Waals surface area contributed by atoms with E-state index in [2.05, 4.69) is 44.7 Å². The first-order valence-electron chi connectivity index (χ1n) is 14.0. The molecule has 2 atom stereocenters. The van der Waals surface area contributed by atoms with Crippen molar-refractivity contribution in [2.75, 3.05) is 25.9 Å². The number of piperidine rings is 2. The molecular weight excluding hydrogens is 472 g/mol. The monoisotopic (exact) mass is 508 g/mol. The molecule has 0 saturated carbocycles. The first kappa shape index (κ1) is 23.7. The smallest absolute Gasteiger partial charge is 0.146 e. The molecule has 2 aromatic carbocycles. The number of aromatic nitrogens is 3. The molecule has 3 fully saturated rings. The van der Waals surface area contributed by atoms with Crippen molar-refractivity contribution >= 4 is 16.9 Å². The van der Waals surface area contributed by atoms with Gasteiger partial charge in [-0.05, 0) is 75.4 Å². The Morgan fingerprint density at radius 2 is 1.47 bits per heavy atom. The summed E-state index contributed by atoms with van der Waals surface area (Å²) in [7, 11) is 2.33. The molecule has 2 bridgehead atoms. The number of benzene rings is 2. The standard InChI is InChI=1S/C31H36N6O/c1-35-23-9-10-24(35)18-25(17-23)36-15-13-22(14-16-36)37-19-28(29-30(32)33-20-34-31(29)37)21-7-11-27(12-8-21)38-26-5-3-2-4-6-26/h2-8,11-12,19-20,22-25H,9-10,13-18H2,1H3,(H2,32,33,34)/t23-,24-/m1/s1. The van der Waals surface area contributed by atoms with Gasteiger partial charge in [0.2, 0.25) is 0 Å². The summed E-state index contributed by atoms with van der Waals surface area (Å²) in [4.78, 5) is 14.5. The fraction of sp³-hybridized carbons (Fsp3) is 0.419. The summed E-state index contributed by atoms with van der Waals surface area (Å²) in [6.07, 6.45) is 11.6. The molecule has 7 nitrogen and oxygen atoms in total. The van der Waals surface area contributed by atoms with Crippen LogP contribution in [0.2, 0.25) is 0 Å². The summed E-state index contributed by atoms with van der Waals surface area (Å²) in [6.45, 7) is 2.30. The van der Waals surface area contributed by atoms with Gasteiger partial charge in [-0.2, -0.15) is 0 Å². The molecule has 3 saturated heterocycles. The quantitative estimate of drug-likeness (QED) is 0.371. The number of para-hydroxylation sites is 1. The third kappa shape index (κ3) is 4.24. The molecule has 5 heterocycles. The van der Waals surface area contributed by atoms with Crippen molar-refractivity contribution in [3.05, 3.63) is 67.1 Å². The van der Waals surface area contributed by atoms with Gasteiger partial charge in [0, 0.05) is 49.0 Å². The summed E-state index contributed by atoms with van der Waals surface area (Å²) in [5.41, 5.74) is 9.54. The predicted octanol–water partition coefficient (Wildman–Crippen LogP) is 5.73. The zero-order chi connectivity index (χ0) is 25.6. The van der Waals surface area contributed by atoms with Crippen LogP contribution >= 0.6 is 0 Å². The summed E-state index contributed by atoms with van der Waals surface area (Å²) in [5.74, 6) is 2.17. The molecule has 2 N–H and O–H groups in total. The van der Waals surface area contributed by atoms with Gasteiger partial charge >= 0.3 is 0 Å². The van der Waals surface area contributed by atoms with E-state index in [0.717, 1.165) is 77.7 Å². The molecule has 4 aromatic rings. The minimum absolute atomic E-state index is 0.417. The average molecular weight is 509 g/mol. The maximum Gasteiger partial charge on any atom is 0.146 e. The molecular formula is C31H36N6O. The Bertz CT molecular complexity index is 1400. The highest BCUT2D eigenvalue weighted by Gasteiger charge is 2.41. The van der Waals surface area contributed by atoms with Crippen molar-refractivity contribution in [1.82, 2.24) is 24.3 Å². The van der Waals surface area contributed by atoms with Crippen molar-refractivity contribution in [2.24, 2.45) is 0 Å². The number of hydrogen-bond donors (Lipinski definition) is 1. The van der Waals surface area contributed by atoms with E-state index < -0.39 is 0 Å². The zero-order valence-corrected chi connectivity index (χ0v) is 22.0. The first-order chi connectivity index (χ1) is 18.6. The molecule has 196 valence electrons. The van der Waals surface area contributed by atoms with Gasteiger partial charge in [-0.25, -0.2) is 9.97 Å². The number of ether oxygens (including phenoxy) is 1. The number of anilines is 1. The van der Waals surface area contributed by atoms with Crippen LogP contribution in [0.4, 0.5) is 5.82 Å². The molecule has 3 aliphatic rings. The van der Waals surface area contributed by atoms with E-state index in [4.69, 9.17) is 15.5 Å². The summed E-state index contributed by atoms with van der Waals surface area (Å²) < 4.78 is 8.37. The maximum atomic E-state index is 6.43. The molecule has 3 aliphatic heterocycles. The van der Waals surface area contributed by atoms with E-state index in [1.165, 1.54) is 25.7 Å². The summed E-state index contributed by atoms with van der Waals surface area (Å²) in [6, 6.07) is 20.8. The minimum atomic E-state index is 0.417. The number of nitrogen functional groups attached to an aromatic ring is 1. The van der Waals surface area contributed by atoms with Crippen LogP contribution in [0.3, 0.4) is 0 Å². The number of rotatable bonds is 5. The van der Waals surface area contributed by atoms with Crippen LogP contribution in [0.5, 0.6) is 11.5 Å². The lowest BCUT2D eigenvalue weighted by atomic mass is 9.93. The summed E-state index contributed by atoms with van der Waals surface area (Å²) in [5, 5.41) is 0.943. The van der Waals surface area contributed by atoms with Crippen molar-refractivity contribution in [3.8, 4) is 22.6 Å². The van der Waals surface area contributed by atoms with Crippen molar-refractivity contribution in [2.45, 2.75) is 62.7 Å². The maximum absolute atomic E-state index is 6.43. The molecule has 2 aromatic heterocycles. The summed E-state index contributed by atoms with van der Waals surface area (Å²) >= 11 is 0. The van der Waals surface area contributed by atoms with E-state index in [1.54, 1.807) is 6.33 Å². The fourth-order valence-corrected chi connectivity index (χ4v) is 7.14. The topological polar surface area (TPSA) is 72.4 Å². The number of nitrogens with zero attached hydrogens (tertiary/aromatic N) is 5. The lowest BCUT2D eigenvalue weighted by Gasteiger charge is -2.44. The Balaban J connectivity index is 1.11. The van der Waals surface area contributed by atoms with Crippen molar-refractivity contribution in [1.29, 1.82) is 0 Å². The highest BCUT2D eigenvalue weighted by Crippen LogP contribution is 2.40. The highest BCUT2D eigenvalue weighted by molar-refractivity contribution is 6.00. The molecule has 0 spiro atoms. The normalized spacial score (nSPS) is 24.7. The van der Waals surface area contributed by atoms with E-state index in [9.17, 15) is 0 Å². The van der Waals surface area contributed by atoms with Crippen LogP contribution in [0.1, 0.15) is 44.6 Å². The van der Waals surface area contributed by atoms with Crippen LogP contribution in [0.15, 0.2) is 67.1 Å². The molecule has 0 radical (unpaired) electrons. The fourth-order valence-electron chi connectivity index (χ4n) is 7.14. The highest BCUT2D eigenvalue weighted by atomic mass is 16.5. The van der Waals surface area contributed by atoms with Crippen LogP contribution in [0, 0.1) is 0 Å². The Morgan fingerprint density at radius 3 is 2.18 bits per heavy atom. The first-order valence-corrected chi connectivity index (χ1v) is 14.0. The van der Waals surface area contributed by atoms with Crippen LogP contribution < -0.4 is 10.5 Å². The SMILES string of the molecule is CN1[C@@H]2CC[C@@H]1CC(N1CCC(n3cc(-c4ccc(Oc5ccccc5)cc4)c4c(N)ncnc43)CC1)C2. The van der Waals surface area contributed by atoms with Crippen molar-refractivity contribution < 1.29 is 4.74 Å². The molecule has 7 rings (SSSR count). The molecule has 0 amide bonds. The second-order valence-corrected chi connectivity index (χ2v) is 11.3. The van der Waals surface area contributed by atoms with E-state index >= 15 is 0 Å². The number of hydrogen-bond acceptors (Lipinski definition) is 6. The van der Waals surface area contributed by atoms with Crippen LogP contribution in [-0.4, -0.2) is 62.6 Å². The van der Waals surface area contributed by atoms with Gasteiger partial charge in [0.15, 0.2) is 0 Å². The zero-order valence-electron chi connectivity index (χ0n) is 22.0. The Hall–Kier alpha value is -3.42. The number of fused-ring (bicyclic) bond motifs is 3. The number of likely N-dealkylation sites (tertiary alicyclic amines) is 1. The van der Waals surface area contributed by atoms with E-state index in [-0.39, 0.29) is 0 Å². The second-order valence-electron chi connectivity index (χ2n) is 11.3. The van der Waals surface area contributed by atoms with Gasteiger partial charge < -0.3 is 24.8 Å². The molecule has 38 heavy (non-hydrogen) atoms. The largest absolute Gasteiger partial charge is 0.457 e. The van der Waals surface area contributed by atoms with Crippen molar-refractivity contribution in [3.63, 3.8) is 0 Å². The van der Waals surface area contributed by atoms with E-state index in [0.29, 0.717) is 11.9 Å². The Labute approximate surface area is 224 Å². The number of nitrogens with two attached hydrogens (primary N) is 1. The molecule has 7 heteroatoms. The van der Waals surface area contributed by atoms with Crippen LogP contribution in [0.25, 0.3) is 22.2 Å². The van der Waals surface area contributed by atoms with Gasteiger partial charge in [-0.15, -0.1) is 0 Å². The average Bonchev–Trinajstić information content (AvgIpc) is 3.42. The Morgan fingerprint density at radius 1 is 0.789 bits per heavy atom. The lowest BCUT2D eigenvalue weighted by molar-refractivity contribution is 0.0547. The van der Waals surface area contributed by atoms with Gasteiger partial charge in [-0.3, -0.25) is 0 Å². The van der Waals surface area contributed by atoms with Gasteiger partial charge in [-0.1, -0.05) is 30.3 Å². The van der Waals surface area contributed by atoms with Gasteiger partial charge in [0.1, 0.15) is 29.3 Å². The molecule has 0 aliphatic carbocycles. The third-order valence-electron chi connectivity index (χ3n) is 9.27. The van der Waals surface area contributed by atoms with E-state index in [1.807, 2.05) is 42.5 Å². The van der Waals surface area contributed by atoms with Crippen LogP contribution in [-0.2, 0) is 0 Å². The third-order valence-corrected chi connectivity index (χ3v) is 9.27. The second kappa shape index (κ2) is 9.71. The van der Waals surface area contributed by atoms with Gasteiger partial charge in [0.25, 0.3) is 0 Å². The predicted molar refractivity (Wildman–Crippen MR) is 151 cm³/mol. The minimum Gasteiger partial charge on any atom is -0.457 e.